The summed E-state index contributed by atoms with van der Waals surface area (Å²) in [4.78, 5) is 11.3. The number of nitrogens with one attached hydrogen (secondary N) is 1. The highest BCUT2D eigenvalue weighted by atomic mass is 35.5. The van der Waals surface area contributed by atoms with Gasteiger partial charge in [-0.3, -0.25) is 4.79 Å². The standard InChI is InChI=1S/C14H19ClN2O4S/c1-3-5-6-17(4-2)22(19,20)13-8-12-11(7-10(13)15)16-14(18)9-21-12/h7-8H,3-6,9H2,1-2H3,(H,16,18). The summed E-state index contributed by atoms with van der Waals surface area (Å²) in [6, 6.07) is 2.79. The van der Waals surface area contributed by atoms with E-state index in [-0.39, 0.29) is 22.4 Å². The summed E-state index contributed by atoms with van der Waals surface area (Å²) in [7, 11) is -3.69. The Morgan fingerprint density at radius 2 is 2.09 bits per heavy atom. The molecule has 22 heavy (non-hydrogen) atoms. The molecular weight excluding hydrogens is 328 g/mol. The minimum atomic E-state index is -3.69. The number of hydrogen-bond acceptors (Lipinski definition) is 4. The predicted molar refractivity (Wildman–Crippen MR) is 84.9 cm³/mol. The monoisotopic (exact) mass is 346 g/mol. The average molecular weight is 347 g/mol. The summed E-state index contributed by atoms with van der Waals surface area (Å²) in [6.07, 6.45) is 1.68. The zero-order valence-corrected chi connectivity index (χ0v) is 14.1. The zero-order chi connectivity index (χ0) is 16.3. The molecule has 0 fully saturated rings. The molecule has 6 nitrogen and oxygen atoms in total. The lowest BCUT2D eigenvalue weighted by Crippen LogP contribution is -2.32. The van der Waals surface area contributed by atoms with Gasteiger partial charge in [0.25, 0.3) is 5.91 Å². The Kier molecular flexibility index (Phi) is 5.31. The lowest BCUT2D eigenvalue weighted by Gasteiger charge is -2.23. The van der Waals surface area contributed by atoms with Crippen molar-refractivity contribution in [3.05, 3.63) is 17.2 Å². The summed E-state index contributed by atoms with van der Waals surface area (Å²) >= 11 is 6.12. The summed E-state index contributed by atoms with van der Waals surface area (Å²) in [5.74, 6) is 0.0198. The van der Waals surface area contributed by atoms with Crippen molar-refractivity contribution >= 4 is 33.2 Å². The number of sulfonamides is 1. The molecular formula is C14H19ClN2O4S. The lowest BCUT2D eigenvalue weighted by atomic mass is 10.2. The van der Waals surface area contributed by atoms with E-state index >= 15 is 0 Å². The van der Waals surface area contributed by atoms with Crippen LogP contribution in [0.15, 0.2) is 17.0 Å². The van der Waals surface area contributed by atoms with Crippen LogP contribution in [0.3, 0.4) is 0 Å². The van der Waals surface area contributed by atoms with Gasteiger partial charge in [-0.2, -0.15) is 4.31 Å². The van der Waals surface area contributed by atoms with E-state index in [2.05, 4.69) is 5.32 Å². The van der Waals surface area contributed by atoms with Crippen LogP contribution in [-0.2, 0) is 14.8 Å². The molecule has 0 saturated heterocycles. The van der Waals surface area contributed by atoms with Crippen molar-refractivity contribution in [2.24, 2.45) is 0 Å². The molecule has 8 heteroatoms. The van der Waals surface area contributed by atoms with Crippen LogP contribution in [0.2, 0.25) is 5.02 Å². The number of halogens is 1. The van der Waals surface area contributed by atoms with E-state index in [0.717, 1.165) is 12.8 Å². The normalized spacial score (nSPS) is 14.5. The number of carbonyl (C=O) groups is 1. The smallest absolute Gasteiger partial charge is 0.262 e. The topological polar surface area (TPSA) is 75.7 Å². The van der Waals surface area contributed by atoms with Gasteiger partial charge in [-0.25, -0.2) is 8.42 Å². The first-order chi connectivity index (χ1) is 10.4. The summed E-state index contributed by atoms with van der Waals surface area (Å²) in [5, 5.41) is 2.67. The van der Waals surface area contributed by atoms with Crippen molar-refractivity contribution < 1.29 is 17.9 Å². The first-order valence-corrected chi connectivity index (χ1v) is 8.98. The van der Waals surface area contributed by atoms with Gasteiger partial charge in [0.2, 0.25) is 10.0 Å². The predicted octanol–water partition coefficient (Wildman–Crippen LogP) is 2.48. The number of benzene rings is 1. The second-order valence-corrected chi connectivity index (χ2v) is 7.28. The third-order valence-electron chi connectivity index (χ3n) is 3.40. The van der Waals surface area contributed by atoms with Crippen LogP contribution in [0.4, 0.5) is 5.69 Å². The van der Waals surface area contributed by atoms with Crippen LogP contribution in [0.25, 0.3) is 0 Å². The van der Waals surface area contributed by atoms with Crippen LogP contribution >= 0.6 is 11.6 Å². The van der Waals surface area contributed by atoms with Gasteiger partial charge in [0.15, 0.2) is 6.61 Å². The number of fused-ring (bicyclic) bond motifs is 1. The number of nitrogens with zero attached hydrogens (tertiary/aromatic N) is 1. The quantitative estimate of drug-likeness (QED) is 0.858. The van der Waals surface area contributed by atoms with Crippen LogP contribution in [0.1, 0.15) is 26.7 Å². The number of hydrogen-bond donors (Lipinski definition) is 1. The zero-order valence-electron chi connectivity index (χ0n) is 12.6. The van der Waals surface area contributed by atoms with Gasteiger partial charge in [-0.05, 0) is 12.5 Å². The molecule has 0 saturated carbocycles. The number of carbonyl (C=O) groups excluding carboxylic acids is 1. The average Bonchev–Trinajstić information content (AvgIpc) is 2.46. The molecule has 0 atom stereocenters. The van der Waals surface area contributed by atoms with Crippen molar-refractivity contribution in [3.8, 4) is 5.75 Å². The van der Waals surface area contributed by atoms with E-state index in [1.165, 1.54) is 16.4 Å². The Balaban J connectivity index is 2.40. The molecule has 0 aromatic heterocycles. The van der Waals surface area contributed by atoms with E-state index in [0.29, 0.717) is 24.5 Å². The number of anilines is 1. The molecule has 0 bridgehead atoms. The van der Waals surface area contributed by atoms with E-state index in [1.54, 1.807) is 6.92 Å². The Morgan fingerprint density at radius 3 is 2.73 bits per heavy atom. The molecule has 0 spiro atoms. The van der Waals surface area contributed by atoms with E-state index in [1.807, 2.05) is 6.92 Å². The summed E-state index contributed by atoms with van der Waals surface area (Å²) in [6.45, 7) is 4.47. The van der Waals surface area contributed by atoms with Crippen LogP contribution in [0.5, 0.6) is 5.75 Å². The molecule has 1 N–H and O–H groups in total. The Labute approximate surface area is 135 Å². The fourth-order valence-electron chi connectivity index (χ4n) is 2.20. The van der Waals surface area contributed by atoms with E-state index in [4.69, 9.17) is 16.3 Å². The van der Waals surface area contributed by atoms with Gasteiger partial charge in [-0.1, -0.05) is 31.9 Å². The van der Waals surface area contributed by atoms with Crippen molar-refractivity contribution in [1.29, 1.82) is 0 Å². The molecule has 1 aromatic rings. The van der Waals surface area contributed by atoms with Crippen LogP contribution in [-0.4, -0.2) is 38.3 Å². The molecule has 0 aliphatic carbocycles. The maximum atomic E-state index is 12.7. The second kappa shape index (κ2) is 6.85. The molecule has 1 heterocycles. The van der Waals surface area contributed by atoms with E-state index in [9.17, 15) is 13.2 Å². The highest BCUT2D eigenvalue weighted by Gasteiger charge is 2.28. The molecule has 0 unspecified atom stereocenters. The third-order valence-corrected chi connectivity index (χ3v) is 5.84. The molecule has 122 valence electrons. The minimum absolute atomic E-state index is 0.00187. The van der Waals surface area contributed by atoms with Crippen molar-refractivity contribution in [2.75, 3.05) is 25.0 Å². The Hall–Kier alpha value is -1.31. The highest BCUT2D eigenvalue weighted by molar-refractivity contribution is 7.89. The second-order valence-electron chi connectivity index (χ2n) is 4.97. The minimum Gasteiger partial charge on any atom is -0.482 e. The fourth-order valence-corrected chi connectivity index (χ4v) is 4.21. The van der Waals surface area contributed by atoms with Gasteiger partial charge in [-0.15, -0.1) is 0 Å². The SMILES string of the molecule is CCCCN(CC)S(=O)(=O)c1cc2c(cc1Cl)NC(=O)CO2. The lowest BCUT2D eigenvalue weighted by molar-refractivity contribution is -0.118. The Bertz CT molecular complexity index is 676. The van der Waals surface area contributed by atoms with Crippen molar-refractivity contribution in [1.82, 2.24) is 4.31 Å². The summed E-state index contributed by atoms with van der Waals surface area (Å²) < 4.78 is 32.1. The van der Waals surface area contributed by atoms with E-state index < -0.39 is 10.0 Å². The molecule has 1 aromatic carbocycles. The Morgan fingerprint density at radius 1 is 1.36 bits per heavy atom. The molecule has 1 aliphatic heterocycles. The van der Waals surface area contributed by atoms with Gasteiger partial charge >= 0.3 is 0 Å². The van der Waals surface area contributed by atoms with Crippen molar-refractivity contribution in [3.63, 3.8) is 0 Å². The summed E-state index contributed by atoms with van der Waals surface area (Å²) in [5.41, 5.74) is 0.386. The number of ether oxygens (including phenoxy) is 1. The highest BCUT2D eigenvalue weighted by Crippen LogP contribution is 2.36. The van der Waals surface area contributed by atoms with Crippen LogP contribution in [0, 0.1) is 0 Å². The molecule has 1 amide bonds. The van der Waals surface area contributed by atoms with Crippen molar-refractivity contribution in [2.45, 2.75) is 31.6 Å². The van der Waals surface area contributed by atoms with Gasteiger partial charge < -0.3 is 10.1 Å². The molecule has 0 radical (unpaired) electrons. The first kappa shape index (κ1) is 17.1. The number of unbranched alkanes of at least 4 members (excludes halogenated alkanes) is 1. The van der Waals surface area contributed by atoms with Crippen LogP contribution < -0.4 is 10.1 Å². The largest absolute Gasteiger partial charge is 0.482 e. The number of rotatable bonds is 6. The maximum absolute atomic E-state index is 12.7. The van der Waals surface area contributed by atoms with Gasteiger partial charge in [0, 0.05) is 19.2 Å². The third kappa shape index (κ3) is 3.37. The molecule has 2 rings (SSSR count). The van der Waals surface area contributed by atoms with Gasteiger partial charge in [0.1, 0.15) is 10.6 Å². The van der Waals surface area contributed by atoms with Gasteiger partial charge in [0.05, 0.1) is 10.7 Å². The maximum Gasteiger partial charge on any atom is 0.262 e. The fraction of sp³-hybridized carbons (Fsp3) is 0.500. The molecule has 1 aliphatic rings. The first-order valence-electron chi connectivity index (χ1n) is 7.16. The number of amides is 1.